The number of carbonyl (C=O) groups excluding carboxylic acids is 1. The van der Waals surface area contributed by atoms with Crippen LogP contribution in [-0.2, 0) is 17.5 Å². The third-order valence-electron chi connectivity index (χ3n) is 3.55. The van der Waals surface area contributed by atoms with Gasteiger partial charge < -0.3 is 14.8 Å². The molecule has 0 unspecified atom stereocenters. The summed E-state index contributed by atoms with van der Waals surface area (Å²) in [5, 5.41) is 2.58. The van der Waals surface area contributed by atoms with Crippen LogP contribution in [0, 0.1) is 0 Å². The number of carbonyl (C=O) groups is 1. The van der Waals surface area contributed by atoms with Gasteiger partial charge in [-0.3, -0.25) is 4.79 Å². The molecule has 0 radical (unpaired) electrons. The molecule has 140 valence electrons. The van der Waals surface area contributed by atoms with Crippen LogP contribution in [0.4, 0.5) is 18.9 Å². The van der Waals surface area contributed by atoms with E-state index in [9.17, 15) is 18.0 Å². The van der Waals surface area contributed by atoms with E-state index in [1.807, 2.05) is 13.8 Å². The maximum atomic E-state index is 12.6. The van der Waals surface area contributed by atoms with Crippen LogP contribution < -0.4 is 10.1 Å². The van der Waals surface area contributed by atoms with Crippen LogP contribution in [0.25, 0.3) is 0 Å². The largest absolute Gasteiger partial charge is 0.494 e. The number of ether oxygens (including phenoxy) is 2. The normalized spacial score (nSPS) is 11.3. The minimum Gasteiger partial charge on any atom is -0.494 e. The summed E-state index contributed by atoms with van der Waals surface area (Å²) >= 11 is 0. The van der Waals surface area contributed by atoms with Gasteiger partial charge in [0.2, 0.25) is 0 Å². The van der Waals surface area contributed by atoms with Crippen molar-refractivity contribution in [3.8, 4) is 5.75 Å². The first kappa shape index (κ1) is 19.8. The SMILES string of the molecule is CCOCc1cc(C(=O)Nc2ccc(C(F)(F)F)cc2)ccc1OCC. The van der Waals surface area contributed by atoms with Gasteiger partial charge in [-0.05, 0) is 56.3 Å². The Morgan fingerprint density at radius 2 is 1.73 bits per heavy atom. The number of hydrogen-bond acceptors (Lipinski definition) is 3. The second kappa shape index (κ2) is 8.71. The molecule has 0 heterocycles. The van der Waals surface area contributed by atoms with E-state index in [-0.39, 0.29) is 5.69 Å². The molecule has 0 saturated carbocycles. The molecular weight excluding hydrogens is 347 g/mol. The minimum absolute atomic E-state index is 0.281. The lowest BCUT2D eigenvalue weighted by atomic mass is 10.1. The summed E-state index contributed by atoms with van der Waals surface area (Å²) in [6, 6.07) is 9.22. The highest BCUT2D eigenvalue weighted by Gasteiger charge is 2.30. The van der Waals surface area contributed by atoms with Gasteiger partial charge in [0.25, 0.3) is 5.91 Å². The molecule has 0 aromatic heterocycles. The second-order valence-corrected chi connectivity index (χ2v) is 5.42. The van der Waals surface area contributed by atoms with E-state index in [1.165, 1.54) is 12.1 Å². The van der Waals surface area contributed by atoms with E-state index in [0.717, 1.165) is 17.7 Å². The van der Waals surface area contributed by atoms with Crippen molar-refractivity contribution < 1.29 is 27.4 Å². The van der Waals surface area contributed by atoms with Gasteiger partial charge in [0.15, 0.2) is 0 Å². The fourth-order valence-corrected chi connectivity index (χ4v) is 2.29. The van der Waals surface area contributed by atoms with Crippen molar-refractivity contribution in [3.05, 3.63) is 59.2 Å². The van der Waals surface area contributed by atoms with Gasteiger partial charge in [0.05, 0.1) is 18.8 Å². The van der Waals surface area contributed by atoms with E-state index in [4.69, 9.17) is 9.47 Å². The fourth-order valence-electron chi connectivity index (χ4n) is 2.29. The lowest BCUT2D eigenvalue weighted by Crippen LogP contribution is -2.13. The van der Waals surface area contributed by atoms with Gasteiger partial charge in [-0.1, -0.05) is 0 Å². The van der Waals surface area contributed by atoms with Crippen LogP contribution >= 0.6 is 0 Å². The summed E-state index contributed by atoms with van der Waals surface area (Å²) in [7, 11) is 0. The Hall–Kier alpha value is -2.54. The zero-order valence-electron chi connectivity index (χ0n) is 14.5. The summed E-state index contributed by atoms with van der Waals surface area (Å²) in [5.41, 5.74) is 0.607. The fraction of sp³-hybridized carbons (Fsp3) is 0.316. The Morgan fingerprint density at radius 3 is 2.31 bits per heavy atom. The Balaban J connectivity index is 2.15. The van der Waals surface area contributed by atoms with Crippen molar-refractivity contribution in [2.45, 2.75) is 26.6 Å². The third kappa shape index (κ3) is 5.23. The lowest BCUT2D eigenvalue weighted by molar-refractivity contribution is -0.137. The Labute approximate surface area is 149 Å². The number of alkyl halides is 3. The van der Waals surface area contributed by atoms with E-state index < -0.39 is 17.6 Å². The van der Waals surface area contributed by atoms with Crippen molar-refractivity contribution in [1.82, 2.24) is 0 Å². The molecule has 2 rings (SSSR count). The molecule has 0 bridgehead atoms. The predicted octanol–water partition coefficient (Wildman–Crippen LogP) is 4.89. The maximum absolute atomic E-state index is 12.6. The van der Waals surface area contributed by atoms with Gasteiger partial charge in [-0.15, -0.1) is 0 Å². The van der Waals surface area contributed by atoms with Crippen molar-refractivity contribution >= 4 is 11.6 Å². The molecule has 4 nitrogen and oxygen atoms in total. The molecule has 1 amide bonds. The molecule has 2 aromatic rings. The highest BCUT2D eigenvalue weighted by atomic mass is 19.4. The topological polar surface area (TPSA) is 47.6 Å². The molecule has 0 aliphatic carbocycles. The molecule has 0 spiro atoms. The smallest absolute Gasteiger partial charge is 0.416 e. The molecule has 26 heavy (non-hydrogen) atoms. The quantitative estimate of drug-likeness (QED) is 0.758. The van der Waals surface area contributed by atoms with Crippen molar-refractivity contribution in [2.24, 2.45) is 0 Å². The molecule has 1 N–H and O–H groups in total. The van der Waals surface area contributed by atoms with E-state index in [2.05, 4.69) is 5.32 Å². The van der Waals surface area contributed by atoms with Crippen molar-refractivity contribution in [2.75, 3.05) is 18.5 Å². The molecule has 0 saturated heterocycles. The molecule has 0 aliphatic rings. The number of halogens is 3. The molecular formula is C19H20F3NO3. The summed E-state index contributed by atoms with van der Waals surface area (Å²) in [6.07, 6.45) is -4.41. The predicted molar refractivity (Wildman–Crippen MR) is 92.3 cm³/mol. The highest BCUT2D eigenvalue weighted by molar-refractivity contribution is 6.04. The van der Waals surface area contributed by atoms with E-state index in [1.54, 1.807) is 18.2 Å². The van der Waals surface area contributed by atoms with Gasteiger partial charge in [0.1, 0.15) is 5.75 Å². The van der Waals surface area contributed by atoms with Gasteiger partial charge in [-0.2, -0.15) is 13.2 Å². The Bertz CT molecular complexity index is 743. The maximum Gasteiger partial charge on any atom is 0.416 e. The Kier molecular flexibility index (Phi) is 6.63. The minimum atomic E-state index is -4.41. The van der Waals surface area contributed by atoms with Gasteiger partial charge >= 0.3 is 6.18 Å². The third-order valence-corrected chi connectivity index (χ3v) is 3.55. The summed E-state index contributed by atoms with van der Waals surface area (Å²) < 4.78 is 48.6. The first-order valence-electron chi connectivity index (χ1n) is 8.17. The summed E-state index contributed by atoms with van der Waals surface area (Å²) in [4.78, 5) is 12.4. The standard InChI is InChI=1S/C19H20F3NO3/c1-3-25-12-14-11-13(5-10-17(14)26-4-2)18(24)23-16-8-6-15(7-9-16)19(20,21)22/h5-11H,3-4,12H2,1-2H3,(H,23,24). The number of hydrogen-bond donors (Lipinski definition) is 1. The molecule has 0 aliphatic heterocycles. The Morgan fingerprint density at radius 1 is 1.04 bits per heavy atom. The van der Waals surface area contributed by atoms with Gasteiger partial charge in [0, 0.05) is 23.4 Å². The first-order valence-corrected chi connectivity index (χ1v) is 8.17. The average Bonchev–Trinajstić information content (AvgIpc) is 2.60. The average molecular weight is 367 g/mol. The zero-order chi connectivity index (χ0) is 19.2. The highest BCUT2D eigenvalue weighted by Crippen LogP contribution is 2.30. The molecule has 0 fully saturated rings. The second-order valence-electron chi connectivity index (χ2n) is 5.42. The number of anilines is 1. The van der Waals surface area contributed by atoms with Crippen LogP contribution in [0.5, 0.6) is 5.75 Å². The van der Waals surface area contributed by atoms with Crippen molar-refractivity contribution in [1.29, 1.82) is 0 Å². The first-order chi connectivity index (χ1) is 12.3. The van der Waals surface area contributed by atoms with Crippen LogP contribution in [-0.4, -0.2) is 19.1 Å². The number of nitrogens with one attached hydrogen (secondary N) is 1. The molecule has 2 aromatic carbocycles. The van der Waals surface area contributed by atoms with Crippen LogP contribution in [0.1, 0.15) is 35.3 Å². The number of benzene rings is 2. The molecule has 0 atom stereocenters. The molecule has 7 heteroatoms. The van der Waals surface area contributed by atoms with Gasteiger partial charge in [-0.25, -0.2) is 0 Å². The van der Waals surface area contributed by atoms with Crippen LogP contribution in [0.3, 0.4) is 0 Å². The van der Waals surface area contributed by atoms with Crippen LogP contribution in [0.2, 0.25) is 0 Å². The number of rotatable bonds is 7. The van der Waals surface area contributed by atoms with Crippen LogP contribution in [0.15, 0.2) is 42.5 Å². The number of amides is 1. The van der Waals surface area contributed by atoms with E-state index >= 15 is 0 Å². The summed E-state index contributed by atoms with van der Waals surface area (Å²) in [6.45, 7) is 5.02. The lowest BCUT2D eigenvalue weighted by Gasteiger charge is -2.13. The monoisotopic (exact) mass is 367 g/mol. The zero-order valence-corrected chi connectivity index (χ0v) is 14.5. The summed E-state index contributed by atoms with van der Waals surface area (Å²) in [5.74, 6) is 0.206. The van der Waals surface area contributed by atoms with Crippen molar-refractivity contribution in [3.63, 3.8) is 0 Å². The van der Waals surface area contributed by atoms with E-state index in [0.29, 0.717) is 31.1 Å².